The van der Waals surface area contributed by atoms with Crippen LogP contribution in [0.1, 0.15) is 38.4 Å². The number of carboxylic acid groups (broad SMARTS) is 1. The quantitative estimate of drug-likeness (QED) is 0.575. The molecule has 1 amide bonds. The third-order valence-electron chi connectivity index (χ3n) is 5.91. The van der Waals surface area contributed by atoms with Gasteiger partial charge in [0, 0.05) is 44.2 Å². The van der Waals surface area contributed by atoms with E-state index in [1.54, 1.807) is 4.90 Å². The molecule has 1 fully saturated rings. The van der Waals surface area contributed by atoms with Crippen molar-refractivity contribution in [1.29, 1.82) is 0 Å². The minimum atomic E-state index is -0.839. The van der Waals surface area contributed by atoms with E-state index in [1.165, 1.54) is 0 Å². The number of para-hydroxylation sites is 1. The number of fused-ring (bicyclic) bond motifs is 3. The number of ether oxygens (including phenoxy) is 1. The summed E-state index contributed by atoms with van der Waals surface area (Å²) in [5, 5.41) is 10.7. The highest BCUT2D eigenvalue weighted by molar-refractivity contribution is 6.06. The van der Waals surface area contributed by atoms with Crippen molar-refractivity contribution in [3.8, 4) is 0 Å². The summed E-state index contributed by atoms with van der Waals surface area (Å²) >= 11 is 0. The minimum absolute atomic E-state index is 0.0614. The molecular weight excluding hydrogens is 382 g/mol. The van der Waals surface area contributed by atoms with Crippen LogP contribution in [0.5, 0.6) is 0 Å². The van der Waals surface area contributed by atoms with E-state index in [9.17, 15) is 9.90 Å². The maximum atomic E-state index is 11.7. The number of aryl methyl sites for hydroxylation is 2. The number of anilines is 1. The predicted molar refractivity (Wildman–Crippen MR) is 117 cm³/mol. The zero-order chi connectivity index (χ0) is 21.1. The largest absolute Gasteiger partial charge is 0.465 e. The molecule has 0 saturated carbocycles. The summed E-state index contributed by atoms with van der Waals surface area (Å²) in [7, 11) is 0. The average molecular weight is 412 g/mol. The number of pyridine rings is 1. The van der Waals surface area contributed by atoms with E-state index < -0.39 is 6.09 Å². The van der Waals surface area contributed by atoms with E-state index >= 15 is 0 Å². The van der Waals surface area contributed by atoms with Gasteiger partial charge in [0.1, 0.15) is 11.3 Å². The molecule has 8 heteroatoms. The molecule has 0 bridgehead atoms. The lowest BCUT2D eigenvalue weighted by Crippen LogP contribution is -2.43. The van der Waals surface area contributed by atoms with Crippen molar-refractivity contribution in [3.05, 3.63) is 30.1 Å². The monoisotopic (exact) mass is 411 g/mol. The van der Waals surface area contributed by atoms with Gasteiger partial charge in [-0.05, 0) is 31.7 Å². The Balaban J connectivity index is 1.53. The van der Waals surface area contributed by atoms with Crippen LogP contribution in [0.2, 0.25) is 0 Å². The van der Waals surface area contributed by atoms with Crippen LogP contribution in [-0.4, -0.2) is 56.4 Å². The van der Waals surface area contributed by atoms with E-state index in [-0.39, 0.29) is 6.04 Å². The molecule has 8 nitrogen and oxygen atoms in total. The first-order valence-electron chi connectivity index (χ1n) is 10.7. The van der Waals surface area contributed by atoms with Gasteiger partial charge >= 0.3 is 6.09 Å². The molecule has 30 heavy (non-hydrogen) atoms. The summed E-state index contributed by atoms with van der Waals surface area (Å²) in [5.41, 5.74) is 8.84. The summed E-state index contributed by atoms with van der Waals surface area (Å²) in [4.78, 5) is 22.6. The lowest BCUT2D eigenvalue weighted by atomic mass is 10.1. The second-order valence-electron chi connectivity index (χ2n) is 7.77. The molecule has 4 rings (SSSR count). The number of nitrogens with two attached hydrogens (primary N) is 1. The number of hydrogen-bond acceptors (Lipinski definition) is 5. The molecule has 1 aliphatic heterocycles. The van der Waals surface area contributed by atoms with Crippen molar-refractivity contribution in [1.82, 2.24) is 19.4 Å². The van der Waals surface area contributed by atoms with Crippen molar-refractivity contribution >= 4 is 33.8 Å². The van der Waals surface area contributed by atoms with Crippen molar-refractivity contribution < 1.29 is 14.6 Å². The van der Waals surface area contributed by atoms with Crippen molar-refractivity contribution in [2.45, 2.75) is 51.6 Å². The predicted octanol–water partition coefficient (Wildman–Crippen LogP) is 3.67. The number of amides is 1. The number of carbonyl (C=O) groups is 1. The Bertz CT molecular complexity index is 1040. The SMILES string of the molecule is CCc1nc2c(N)nc3ccccc3c2n1CCCCN(C(=O)O)C1CCOCC1. The van der Waals surface area contributed by atoms with Gasteiger partial charge in [0.15, 0.2) is 5.82 Å². The van der Waals surface area contributed by atoms with Gasteiger partial charge in [-0.1, -0.05) is 25.1 Å². The third kappa shape index (κ3) is 3.92. The standard InChI is InChI=1S/C22H29N5O3/c1-2-18-25-19-20(16-7-3-4-8-17(16)24-21(19)23)27(18)12-6-5-11-26(22(28)29)15-9-13-30-14-10-15/h3-4,7-8,15H,2,5-6,9-14H2,1H3,(H2,23,24)(H,28,29). The van der Waals surface area contributed by atoms with Crippen molar-refractivity contribution in [2.75, 3.05) is 25.5 Å². The Morgan fingerprint density at radius 1 is 1.27 bits per heavy atom. The van der Waals surface area contributed by atoms with Gasteiger partial charge in [-0.3, -0.25) is 0 Å². The zero-order valence-corrected chi connectivity index (χ0v) is 17.4. The van der Waals surface area contributed by atoms with Gasteiger partial charge in [0.2, 0.25) is 0 Å². The van der Waals surface area contributed by atoms with Gasteiger partial charge in [0.05, 0.1) is 11.0 Å². The first kappa shape index (κ1) is 20.4. The molecule has 0 unspecified atom stereocenters. The van der Waals surface area contributed by atoms with Crippen LogP contribution in [0, 0.1) is 0 Å². The van der Waals surface area contributed by atoms with Crippen molar-refractivity contribution in [3.63, 3.8) is 0 Å². The molecule has 2 aromatic heterocycles. The first-order chi connectivity index (χ1) is 14.6. The molecule has 3 aromatic rings. The number of nitrogens with zero attached hydrogens (tertiary/aromatic N) is 4. The topological polar surface area (TPSA) is 106 Å². The Kier molecular flexibility index (Phi) is 6.03. The van der Waals surface area contributed by atoms with Crippen LogP contribution in [0.15, 0.2) is 24.3 Å². The smallest absolute Gasteiger partial charge is 0.407 e. The van der Waals surface area contributed by atoms with Crippen LogP contribution in [0.25, 0.3) is 21.9 Å². The van der Waals surface area contributed by atoms with Gasteiger partial charge in [-0.25, -0.2) is 14.8 Å². The molecule has 3 heterocycles. The molecule has 0 spiro atoms. The fraction of sp³-hybridized carbons (Fsp3) is 0.500. The molecule has 160 valence electrons. The first-order valence-corrected chi connectivity index (χ1v) is 10.7. The van der Waals surface area contributed by atoms with E-state index in [1.807, 2.05) is 18.2 Å². The highest BCUT2D eigenvalue weighted by atomic mass is 16.5. The number of benzene rings is 1. The van der Waals surface area contributed by atoms with Crippen LogP contribution < -0.4 is 5.73 Å². The summed E-state index contributed by atoms with van der Waals surface area (Å²) in [6.07, 6.45) is 3.17. The summed E-state index contributed by atoms with van der Waals surface area (Å²) in [6.45, 7) is 4.67. The molecule has 3 N–H and O–H groups in total. The maximum absolute atomic E-state index is 11.7. The molecule has 0 atom stereocenters. The number of imidazole rings is 1. The number of aromatic nitrogens is 3. The highest BCUT2D eigenvalue weighted by Crippen LogP contribution is 2.29. The summed E-state index contributed by atoms with van der Waals surface area (Å²) in [6, 6.07) is 8.04. The van der Waals surface area contributed by atoms with Crippen LogP contribution in [-0.2, 0) is 17.7 Å². The third-order valence-corrected chi connectivity index (χ3v) is 5.91. The molecule has 1 aromatic carbocycles. The molecule has 1 saturated heterocycles. The number of hydrogen-bond donors (Lipinski definition) is 2. The Labute approximate surface area is 175 Å². The fourth-order valence-corrected chi connectivity index (χ4v) is 4.40. The normalized spacial score (nSPS) is 15.1. The number of unbranched alkanes of at least 4 members (excludes halogenated alkanes) is 1. The summed E-state index contributed by atoms with van der Waals surface area (Å²) in [5.74, 6) is 1.43. The molecule has 0 aliphatic carbocycles. The minimum Gasteiger partial charge on any atom is -0.465 e. The average Bonchev–Trinajstić information content (AvgIpc) is 3.13. The van der Waals surface area contributed by atoms with Crippen LogP contribution >= 0.6 is 0 Å². The van der Waals surface area contributed by atoms with E-state index in [0.717, 1.165) is 66.4 Å². The maximum Gasteiger partial charge on any atom is 0.407 e. The second-order valence-corrected chi connectivity index (χ2v) is 7.77. The number of rotatable bonds is 7. The molecule has 0 radical (unpaired) electrons. The lowest BCUT2D eigenvalue weighted by molar-refractivity contribution is 0.0352. The van der Waals surface area contributed by atoms with Crippen LogP contribution in [0.3, 0.4) is 0 Å². The van der Waals surface area contributed by atoms with Crippen molar-refractivity contribution in [2.24, 2.45) is 0 Å². The van der Waals surface area contributed by atoms with Gasteiger partial charge in [0.25, 0.3) is 0 Å². The van der Waals surface area contributed by atoms with E-state index in [4.69, 9.17) is 15.5 Å². The zero-order valence-electron chi connectivity index (χ0n) is 17.4. The molecule has 1 aliphatic rings. The highest BCUT2D eigenvalue weighted by Gasteiger charge is 2.25. The Hall–Kier alpha value is -2.87. The number of nitrogen functional groups attached to an aromatic ring is 1. The van der Waals surface area contributed by atoms with Crippen LogP contribution in [0.4, 0.5) is 10.6 Å². The second kappa shape index (κ2) is 8.87. The van der Waals surface area contributed by atoms with Gasteiger partial charge in [-0.15, -0.1) is 0 Å². The Morgan fingerprint density at radius 2 is 2.03 bits per heavy atom. The Morgan fingerprint density at radius 3 is 2.77 bits per heavy atom. The fourth-order valence-electron chi connectivity index (χ4n) is 4.40. The molecular formula is C22H29N5O3. The van der Waals surface area contributed by atoms with E-state index in [2.05, 4.69) is 22.5 Å². The lowest BCUT2D eigenvalue weighted by Gasteiger charge is -2.32. The van der Waals surface area contributed by atoms with Gasteiger partial charge < -0.3 is 25.0 Å². The summed E-state index contributed by atoms with van der Waals surface area (Å²) < 4.78 is 7.60. The van der Waals surface area contributed by atoms with Gasteiger partial charge in [-0.2, -0.15) is 0 Å². The van der Waals surface area contributed by atoms with E-state index in [0.29, 0.717) is 25.6 Å².